The Morgan fingerprint density at radius 3 is 2.69 bits per heavy atom. The van der Waals surface area contributed by atoms with E-state index in [1.54, 1.807) is 0 Å². The highest BCUT2D eigenvalue weighted by atomic mass is 16.2. The van der Waals surface area contributed by atoms with Crippen molar-refractivity contribution in [2.75, 3.05) is 13.1 Å². The summed E-state index contributed by atoms with van der Waals surface area (Å²) in [6.45, 7) is 5.07. The highest BCUT2D eigenvalue weighted by molar-refractivity contribution is 5.78. The Hall–Kier alpha value is -1.01. The largest absolute Gasteiger partial charge is 0.344 e. The van der Waals surface area contributed by atoms with Crippen molar-refractivity contribution >= 4 is 5.91 Å². The first kappa shape index (κ1) is 10.1. The molecule has 2 atom stereocenters. The molecule has 1 aliphatic rings. The van der Waals surface area contributed by atoms with Gasteiger partial charge in [-0.05, 0) is 20.3 Å². The number of likely N-dealkylation sites (tertiary alicyclic amines) is 1. The number of carbonyl (C=O) groups is 1. The molecule has 1 amide bonds. The van der Waals surface area contributed by atoms with Crippen LogP contribution in [0.15, 0.2) is 0 Å². The van der Waals surface area contributed by atoms with Gasteiger partial charge in [-0.15, -0.1) is 6.42 Å². The van der Waals surface area contributed by atoms with E-state index < -0.39 is 0 Å². The molecule has 1 fully saturated rings. The zero-order valence-corrected chi connectivity index (χ0v) is 8.21. The fourth-order valence-electron chi connectivity index (χ4n) is 1.74. The van der Waals surface area contributed by atoms with Crippen LogP contribution in [0.3, 0.4) is 0 Å². The van der Waals surface area contributed by atoms with Crippen molar-refractivity contribution in [2.24, 2.45) is 0 Å². The quantitative estimate of drug-likeness (QED) is 0.630. The van der Waals surface area contributed by atoms with Crippen LogP contribution in [0.5, 0.6) is 0 Å². The molecule has 3 nitrogen and oxygen atoms in total. The van der Waals surface area contributed by atoms with E-state index in [2.05, 4.69) is 30.0 Å². The lowest BCUT2D eigenvalue weighted by Crippen LogP contribution is -2.56. The molecule has 0 bridgehead atoms. The topological polar surface area (TPSA) is 32.3 Å². The normalized spacial score (nSPS) is 27.5. The van der Waals surface area contributed by atoms with E-state index in [1.165, 1.54) is 6.42 Å². The highest BCUT2D eigenvalue weighted by Gasteiger charge is 2.32. The number of nitrogens with zero attached hydrogens (tertiary/aromatic N) is 1. The fraction of sp³-hybridized carbons (Fsp3) is 0.700. The van der Waals surface area contributed by atoms with Crippen LogP contribution in [-0.4, -0.2) is 36.0 Å². The lowest BCUT2D eigenvalue weighted by atomic mass is 9.96. The number of hydrogen-bond acceptors (Lipinski definition) is 2. The van der Waals surface area contributed by atoms with E-state index >= 15 is 0 Å². The Kier molecular flexibility index (Phi) is 3.32. The standard InChI is InChI=1S/C10H16N2O/c1-4-5-11-10(13)7-12-8(2)6-9(12)3/h1,8-9H,5-7H2,2-3H3,(H,11,13). The molecule has 13 heavy (non-hydrogen) atoms. The van der Waals surface area contributed by atoms with E-state index in [1.807, 2.05) is 0 Å². The van der Waals surface area contributed by atoms with Crippen LogP contribution in [0.1, 0.15) is 20.3 Å². The Labute approximate surface area is 79.5 Å². The SMILES string of the molecule is C#CCNC(=O)CN1C(C)CC1C. The van der Waals surface area contributed by atoms with Crippen molar-refractivity contribution in [1.29, 1.82) is 0 Å². The average Bonchev–Trinajstić information content (AvgIpc) is 2.11. The predicted molar refractivity (Wildman–Crippen MR) is 52.1 cm³/mol. The van der Waals surface area contributed by atoms with Crippen LogP contribution in [-0.2, 0) is 4.79 Å². The van der Waals surface area contributed by atoms with E-state index in [9.17, 15) is 4.79 Å². The second-order valence-electron chi connectivity index (χ2n) is 3.59. The maximum absolute atomic E-state index is 11.2. The van der Waals surface area contributed by atoms with Gasteiger partial charge in [-0.25, -0.2) is 0 Å². The van der Waals surface area contributed by atoms with E-state index in [-0.39, 0.29) is 5.91 Å². The van der Waals surface area contributed by atoms with Gasteiger partial charge in [0.2, 0.25) is 5.91 Å². The number of rotatable bonds is 3. The maximum Gasteiger partial charge on any atom is 0.234 e. The van der Waals surface area contributed by atoms with Gasteiger partial charge >= 0.3 is 0 Å². The zero-order valence-electron chi connectivity index (χ0n) is 8.21. The molecular formula is C10H16N2O. The molecule has 0 aromatic carbocycles. The Morgan fingerprint density at radius 1 is 1.62 bits per heavy atom. The summed E-state index contributed by atoms with van der Waals surface area (Å²) in [6.07, 6.45) is 6.21. The molecule has 0 saturated carbocycles. The Balaban J connectivity index is 2.24. The molecule has 3 heteroatoms. The van der Waals surface area contributed by atoms with Crippen molar-refractivity contribution in [3.8, 4) is 12.3 Å². The highest BCUT2D eigenvalue weighted by Crippen LogP contribution is 2.23. The monoisotopic (exact) mass is 180 g/mol. The summed E-state index contributed by atoms with van der Waals surface area (Å²) in [6, 6.07) is 1.07. The molecule has 0 aliphatic carbocycles. The van der Waals surface area contributed by atoms with Crippen LogP contribution in [0, 0.1) is 12.3 Å². The minimum Gasteiger partial charge on any atom is -0.344 e. The summed E-state index contributed by atoms with van der Waals surface area (Å²) < 4.78 is 0. The molecule has 1 N–H and O–H groups in total. The molecule has 0 aromatic heterocycles. The van der Waals surface area contributed by atoms with Crippen molar-refractivity contribution in [1.82, 2.24) is 10.2 Å². The molecule has 72 valence electrons. The van der Waals surface area contributed by atoms with Gasteiger partial charge < -0.3 is 5.32 Å². The zero-order chi connectivity index (χ0) is 9.84. The van der Waals surface area contributed by atoms with Gasteiger partial charge in [-0.2, -0.15) is 0 Å². The van der Waals surface area contributed by atoms with Crippen LogP contribution < -0.4 is 5.32 Å². The Bertz CT molecular complexity index is 224. The third kappa shape index (κ3) is 2.46. The molecule has 1 rings (SSSR count). The summed E-state index contributed by atoms with van der Waals surface area (Å²) in [5, 5.41) is 2.66. The number of carbonyl (C=O) groups excluding carboxylic acids is 1. The summed E-state index contributed by atoms with van der Waals surface area (Å²) in [5.74, 6) is 2.40. The summed E-state index contributed by atoms with van der Waals surface area (Å²) in [5.41, 5.74) is 0. The molecular weight excluding hydrogens is 164 g/mol. The molecule has 1 saturated heterocycles. The smallest absolute Gasteiger partial charge is 0.234 e. The van der Waals surface area contributed by atoms with E-state index in [0.717, 1.165) is 0 Å². The maximum atomic E-state index is 11.2. The van der Waals surface area contributed by atoms with Crippen LogP contribution in [0.4, 0.5) is 0 Å². The molecule has 1 heterocycles. The first-order chi connectivity index (χ1) is 6.15. The van der Waals surface area contributed by atoms with E-state index in [0.29, 0.717) is 25.2 Å². The van der Waals surface area contributed by atoms with E-state index in [4.69, 9.17) is 6.42 Å². The van der Waals surface area contributed by atoms with Crippen molar-refractivity contribution in [2.45, 2.75) is 32.4 Å². The number of amides is 1. The van der Waals surface area contributed by atoms with Gasteiger partial charge in [0.1, 0.15) is 0 Å². The molecule has 0 radical (unpaired) electrons. The van der Waals surface area contributed by atoms with Gasteiger partial charge in [0.15, 0.2) is 0 Å². The molecule has 1 aliphatic heterocycles. The summed E-state index contributed by atoms with van der Waals surface area (Å²) in [7, 11) is 0. The van der Waals surface area contributed by atoms with Crippen molar-refractivity contribution < 1.29 is 4.79 Å². The minimum atomic E-state index is 0.0244. The summed E-state index contributed by atoms with van der Waals surface area (Å²) >= 11 is 0. The van der Waals surface area contributed by atoms with Gasteiger partial charge in [-0.3, -0.25) is 9.69 Å². The summed E-state index contributed by atoms with van der Waals surface area (Å²) in [4.78, 5) is 13.4. The first-order valence-corrected chi connectivity index (χ1v) is 4.61. The third-order valence-corrected chi connectivity index (χ3v) is 2.53. The van der Waals surface area contributed by atoms with Gasteiger partial charge in [0.05, 0.1) is 13.1 Å². The van der Waals surface area contributed by atoms with Crippen LogP contribution in [0.2, 0.25) is 0 Å². The number of hydrogen-bond donors (Lipinski definition) is 1. The lowest BCUT2D eigenvalue weighted by Gasteiger charge is -2.44. The van der Waals surface area contributed by atoms with Crippen molar-refractivity contribution in [3.05, 3.63) is 0 Å². The van der Waals surface area contributed by atoms with Crippen molar-refractivity contribution in [3.63, 3.8) is 0 Å². The van der Waals surface area contributed by atoms with Gasteiger partial charge in [-0.1, -0.05) is 5.92 Å². The minimum absolute atomic E-state index is 0.0244. The van der Waals surface area contributed by atoms with Gasteiger partial charge in [0.25, 0.3) is 0 Å². The van der Waals surface area contributed by atoms with Crippen LogP contribution >= 0.6 is 0 Å². The molecule has 0 aromatic rings. The third-order valence-electron chi connectivity index (χ3n) is 2.53. The Morgan fingerprint density at radius 2 is 2.23 bits per heavy atom. The second kappa shape index (κ2) is 4.29. The average molecular weight is 180 g/mol. The second-order valence-corrected chi connectivity index (χ2v) is 3.59. The molecule has 0 spiro atoms. The number of terminal acetylenes is 1. The van der Waals surface area contributed by atoms with Crippen LogP contribution in [0.25, 0.3) is 0 Å². The fourth-order valence-corrected chi connectivity index (χ4v) is 1.74. The lowest BCUT2D eigenvalue weighted by molar-refractivity contribution is -0.125. The predicted octanol–water partition coefficient (Wildman–Crippen LogP) is 0.218. The molecule has 2 unspecified atom stereocenters. The first-order valence-electron chi connectivity index (χ1n) is 4.61. The van der Waals surface area contributed by atoms with Gasteiger partial charge in [0, 0.05) is 12.1 Å². The number of nitrogens with one attached hydrogen (secondary N) is 1.